The number of fused-ring (bicyclic) bond motifs is 6. The third-order valence-corrected chi connectivity index (χ3v) is 22.2. The molecule has 0 saturated heterocycles. The molecule has 2 heterocycles. The molecule has 0 aliphatic carbocycles. The van der Waals surface area contributed by atoms with E-state index >= 15 is 0 Å². The fraction of sp³-hybridized carbons (Fsp3) is 0. The van der Waals surface area contributed by atoms with Crippen molar-refractivity contribution < 1.29 is 0 Å². The molecule has 0 bridgehead atoms. The van der Waals surface area contributed by atoms with Gasteiger partial charge in [0.1, 0.15) is 0 Å². The molecule has 0 atom stereocenters. The molecule has 0 saturated carbocycles. The first kappa shape index (κ1) is 66.6. The Labute approximate surface area is 652 Å². The summed E-state index contributed by atoms with van der Waals surface area (Å²) in [5.41, 5.74) is 34.5. The number of nitrogens with zero attached hydrogens (tertiary/aromatic N) is 4. The number of anilines is 6. The molecule has 112 heavy (non-hydrogen) atoms. The van der Waals surface area contributed by atoms with Gasteiger partial charge < -0.3 is 18.9 Å². The van der Waals surface area contributed by atoms with Gasteiger partial charge in [-0.25, -0.2) is 0 Å². The topological polar surface area (TPSA) is 16.3 Å². The molecule has 2 aromatic heterocycles. The molecular formula is C108H74N4. The first-order valence-electron chi connectivity index (χ1n) is 38.4. The van der Waals surface area contributed by atoms with E-state index < -0.39 is 0 Å². The van der Waals surface area contributed by atoms with Crippen LogP contribution in [0.5, 0.6) is 0 Å². The van der Waals surface area contributed by atoms with Crippen LogP contribution in [0.1, 0.15) is 0 Å². The number of hydrogen-bond acceptors (Lipinski definition) is 2. The van der Waals surface area contributed by atoms with E-state index in [1.165, 1.54) is 111 Å². The van der Waals surface area contributed by atoms with Crippen LogP contribution in [0, 0.1) is 0 Å². The quantitative estimate of drug-likeness (QED) is 0.0903. The van der Waals surface area contributed by atoms with E-state index in [1.54, 1.807) is 0 Å². The Morgan fingerprint density at radius 1 is 0.134 bits per heavy atom. The van der Waals surface area contributed by atoms with Crippen molar-refractivity contribution in [1.82, 2.24) is 9.13 Å². The number of para-hydroxylation sites is 2. The van der Waals surface area contributed by atoms with Gasteiger partial charge in [0.2, 0.25) is 0 Å². The van der Waals surface area contributed by atoms with Crippen LogP contribution in [0.4, 0.5) is 34.1 Å². The second-order valence-corrected chi connectivity index (χ2v) is 28.7. The van der Waals surface area contributed by atoms with Gasteiger partial charge in [-0.3, -0.25) is 0 Å². The monoisotopic (exact) mass is 1430 g/mol. The normalized spacial score (nSPS) is 11.4. The molecule has 0 aliphatic heterocycles. The van der Waals surface area contributed by atoms with Gasteiger partial charge in [-0.05, 0) is 246 Å². The third-order valence-electron chi connectivity index (χ3n) is 22.2. The summed E-state index contributed by atoms with van der Waals surface area (Å²) in [6, 6.07) is 164. The summed E-state index contributed by atoms with van der Waals surface area (Å²) in [7, 11) is 0. The maximum Gasteiger partial charge on any atom is 0.0541 e. The number of rotatable bonds is 17. The Hall–Kier alpha value is -14.8. The zero-order valence-corrected chi connectivity index (χ0v) is 61.5. The van der Waals surface area contributed by atoms with Crippen LogP contribution in [0.15, 0.2) is 449 Å². The van der Waals surface area contributed by atoms with Gasteiger partial charge in [0.05, 0.1) is 22.1 Å². The fourth-order valence-electron chi connectivity index (χ4n) is 16.8. The Balaban J connectivity index is 0.621. The standard InChI is InChI=1S/C108H74N4/c1-7-27-77(28-8-1)93-39-19-23-43-97(93)81-51-67-105-101(71-81)102-72-82(98-44-24-20-40-94(98)78-29-9-2-10-30-78)52-68-106(102)111(105)91-63-59-89(60-64-91)109(85-35-15-5-16-36-85)87-55-47-75(48-56-87)76-49-57-88(58-50-76)110(86-37-17-6-18-38-86)90-61-65-92(66-62-90)112-107-69-53-83(99-45-25-21-41-95(99)79-31-11-3-12-32-79)73-103(107)104-74-84(54-70-108(104)112)100-46-26-22-42-96(100)80-33-13-4-14-34-80/h1-74H. The van der Waals surface area contributed by atoms with Gasteiger partial charge in [-0.15, -0.1) is 0 Å². The molecule has 0 aliphatic rings. The van der Waals surface area contributed by atoms with Gasteiger partial charge in [-0.2, -0.15) is 0 Å². The van der Waals surface area contributed by atoms with Crippen LogP contribution in [-0.2, 0) is 0 Å². The summed E-state index contributed by atoms with van der Waals surface area (Å²) in [5.74, 6) is 0. The summed E-state index contributed by atoms with van der Waals surface area (Å²) < 4.78 is 4.88. The summed E-state index contributed by atoms with van der Waals surface area (Å²) in [4.78, 5) is 4.71. The Morgan fingerprint density at radius 2 is 0.312 bits per heavy atom. The SMILES string of the molecule is c1ccc(-c2ccccc2-c2ccc3c(c2)c2cc(-c4ccccc4-c4ccccc4)ccc2n3-c2ccc(N(c3ccccc3)c3ccc(-c4ccc(N(c5ccccc5)c5ccc(-n6c7ccc(-c8ccccc8-c8ccccc8)cc7c7cc(-c8ccccc8-c8ccccc8)ccc76)cc5)cc4)cc3)cc2)cc1. The predicted molar refractivity (Wildman–Crippen MR) is 473 cm³/mol. The molecule has 0 radical (unpaired) electrons. The first-order valence-corrected chi connectivity index (χ1v) is 38.4. The van der Waals surface area contributed by atoms with Crippen molar-refractivity contribution in [2.24, 2.45) is 0 Å². The van der Waals surface area contributed by atoms with Crippen molar-refractivity contribution in [3.05, 3.63) is 449 Å². The van der Waals surface area contributed by atoms with Crippen LogP contribution in [0.3, 0.4) is 0 Å². The highest BCUT2D eigenvalue weighted by atomic mass is 15.1. The van der Waals surface area contributed by atoms with Crippen LogP contribution in [0.25, 0.3) is 155 Å². The van der Waals surface area contributed by atoms with Crippen molar-refractivity contribution in [3.8, 4) is 112 Å². The number of hydrogen-bond donors (Lipinski definition) is 0. The minimum absolute atomic E-state index is 1.06. The fourth-order valence-corrected chi connectivity index (χ4v) is 16.8. The lowest BCUT2D eigenvalue weighted by Gasteiger charge is -2.26. The second-order valence-electron chi connectivity index (χ2n) is 28.7. The third kappa shape index (κ3) is 12.4. The maximum atomic E-state index is 2.44. The van der Waals surface area contributed by atoms with Gasteiger partial charge >= 0.3 is 0 Å². The Kier molecular flexibility index (Phi) is 17.3. The van der Waals surface area contributed by atoms with Crippen LogP contribution in [-0.4, -0.2) is 9.13 Å². The summed E-state index contributed by atoms with van der Waals surface area (Å²) >= 11 is 0. The zero-order chi connectivity index (χ0) is 74.3. The van der Waals surface area contributed by atoms with Crippen LogP contribution >= 0.6 is 0 Å². The van der Waals surface area contributed by atoms with E-state index in [9.17, 15) is 0 Å². The van der Waals surface area contributed by atoms with Crippen molar-refractivity contribution in [3.63, 3.8) is 0 Å². The summed E-state index contributed by atoms with van der Waals surface area (Å²) in [5, 5.41) is 4.79. The minimum Gasteiger partial charge on any atom is -0.311 e. The predicted octanol–water partition coefficient (Wildman–Crippen LogP) is 29.8. The van der Waals surface area contributed by atoms with Crippen LogP contribution in [0.2, 0.25) is 0 Å². The lowest BCUT2D eigenvalue weighted by atomic mass is 9.92. The van der Waals surface area contributed by atoms with E-state index in [0.29, 0.717) is 0 Å². The van der Waals surface area contributed by atoms with Crippen molar-refractivity contribution in [1.29, 1.82) is 0 Å². The van der Waals surface area contributed by atoms with Crippen molar-refractivity contribution in [2.45, 2.75) is 0 Å². The average molecular weight is 1430 g/mol. The molecule has 0 amide bonds. The molecule has 20 aromatic rings. The number of benzene rings is 18. The number of aromatic nitrogens is 2. The molecular weight excluding hydrogens is 1350 g/mol. The lowest BCUT2D eigenvalue weighted by Crippen LogP contribution is -2.10. The Bertz CT molecular complexity index is 6100. The van der Waals surface area contributed by atoms with E-state index in [2.05, 4.69) is 468 Å². The van der Waals surface area contributed by atoms with Crippen molar-refractivity contribution >= 4 is 77.7 Å². The molecule has 20 rings (SSSR count). The van der Waals surface area contributed by atoms with Gasteiger partial charge in [0.15, 0.2) is 0 Å². The highest BCUT2D eigenvalue weighted by Crippen LogP contribution is 2.46. The van der Waals surface area contributed by atoms with E-state index in [0.717, 1.165) is 78.7 Å². The van der Waals surface area contributed by atoms with E-state index in [-0.39, 0.29) is 0 Å². The average Bonchev–Trinajstić information content (AvgIpc) is 1.58. The highest BCUT2D eigenvalue weighted by molar-refractivity contribution is 6.14. The molecule has 18 aromatic carbocycles. The van der Waals surface area contributed by atoms with Gasteiger partial charge in [0, 0.05) is 67.0 Å². The largest absolute Gasteiger partial charge is 0.311 e. The van der Waals surface area contributed by atoms with Gasteiger partial charge in [0.25, 0.3) is 0 Å². The molecule has 4 heteroatoms. The zero-order valence-electron chi connectivity index (χ0n) is 61.5. The minimum atomic E-state index is 1.06. The summed E-state index contributed by atoms with van der Waals surface area (Å²) in [6.07, 6.45) is 0. The molecule has 0 unspecified atom stereocenters. The maximum absolute atomic E-state index is 2.44. The summed E-state index contributed by atoms with van der Waals surface area (Å²) in [6.45, 7) is 0. The van der Waals surface area contributed by atoms with Crippen molar-refractivity contribution in [2.75, 3.05) is 9.80 Å². The van der Waals surface area contributed by atoms with E-state index in [4.69, 9.17) is 0 Å². The first-order chi connectivity index (χ1) is 55.6. The lowest BCUT2D eigenvalue weighted by molar-refractivity contribution is 1.17. The Morgan fingerprint density at radius 3 is 0.545 bits per heavy atom. The smallest absolute Gasteiger partial charge is 0.0541 e. The molecule has 0 spiro atoms. The van der Waals surface area contributed by atoms with Crippen LogP contribution < -0.4 is 9.80 Å². The second kappa shape index (κ2) is 29.0. The van der Waals surface area contributed by atoms with E-state index in [1.807, 2.05) is 0 Å². The van der Waals surface area contributed by atoms with Gasteiger partial charge in [-0.1, -0.05) is 303 Å². The molecule has 0 fully saturated rings. The highest BCUT2D eigenvalue weighted by Gasteiger charge is 2.23. The molecule has 0 N–H and O–H groups in total. The molecule has 4 nitrogen and oxygen atoms in total. The molecule has 526 valence electrons.